The van der Waals surface area contributed by atoms with Crippen molar-refractivity contribution in [1.29, 1.82) is 0 Å². The predicted octanol–water partition coefficient (Wildman–Crippen LogP) is 2.01. The molecular formula is C16H28N2O2. The van der Waals surface area contributed by atoms with Crippen LogP contribution in [0, 0.1) is 0 Å². The summed E-state index contributed by atoms with van der Waals surface area (Å²) in [7, 11) is 0. The lowest BCUT2D eigenvalue weighted by Crippen LogP contribution is -2.40. The molecule has 1 aromatic rings. The molecule has 0 aliphatic carbocycles. The van der Waals surface area contributed by atoms with Crippen molar-refractivity contribution < 1.29 is 9.84 Å². The van der Waals surface area contributed by atoms with Gasteiger partial charge in [-0.25, -0.2) is 0 Å². The fourth-order valence-electron chi connectivity index (χ4n) is 2.13. The maximum atomic E-state index is 10.1. The number of ether oxygens (including phenoxy) is 1. The zero-order valence-corrected chi connectivity index (χ0v) is 12.9. The molecule has 4 heteroatoms. The number of hydrogen-bond donors (Lipinski definition) is 2. The molecule has 4 nitrogen and oxygen atoms in total. The molecule has 1 aromatic carbocycles. The number of aliphatic hydroxyl groups is 1. The Hall–Kier alpha value is -1.10. The van der Waals surface area contributed by atoms with Gasteiger partial charge >= 0.3 is 0 Å². The van der Waals surface area contributed by atoms with E-state index in [-0.39, 0.29) is 0 Å². The summed E-state index contributed by atoms with van der Waals surface area (Å²) in [6.45, 7) is 8.89. The van der Waals surface area contributed by atoms with Gasteiger partial charge in [0.15, 0.2) is 0 Å². The minimum Gasteiger partial charge on any atom is -0.491 e. The van der Waals surface area contributed by atoms with Gasteiger partial charge in [-0.2, -0.15) is 0 Å². The lowest BCUT2D eigenvalue weighted by atomic mass is 10.2. The third-order valence-electron chi connectivity index (χ3n) is 3.26. The van der Waals surface area contributed by atoms with Gasteiger partial charge in [-0.1, -0.05) is 19.1 Å². The van der Waals surface area contributed by atoms with Crippen molar-refractivity contribution in [1.82, 2.24) is 4.90 Å². The minimum atomic E-state index is -0.481. The Labute approximate surface area is 122 Å². The van der Waals surface area contributed by atoms with Crippen LogP contribution in [0.15, 0.2) is 24.3 Å². The van der Waals surface area contributed by atoms with Gasteiger partial charge in [0, 0.05) is 19.1 Å². The van der Waals surface area contributed by atoms with E-state index in [0.717, 1.165) is 24.3 Å². The molecule has 1 unspecified atom stereocenters. The number of nitrogens with zero attached hydrogens (tertiary/aromatic N) is 1. The summed E-state index contributed by atoms with van der Waals surface area (Å²) in [5, 5.41) is 10.1. The quantitative estimate of drug-likeness (QED) is 0.726. The molecule has 0 saturated heterocycles. The third kappa shape index (κ3) is 5.90. The van der Waals surface area contributed by atoms with Crippen molar-refractivity contribution in [3.05, 3.63) is 29.8 Å². The minimum absolute atomic E-state index is 0.307. The summed E-state index contributed by atoms with van der Waals surface area (Å²) in [5.74, 6) is 0.763. The van der Waals surface area contributed by atoms with Crippen LogP contribution in [0.1, 0.15) is 32.8 Å². The first-order valence-corrected chi connectivity index (χ1v) is 7.40. The highest BCUT2D eigenvalue weighted by molar-refractivity contribution is 5.28. The molecule has 114 valence electrons. The van der Waals surface area contributed by atoms with Crippen molar-refractivity contribution in [3.63, 3.8) is 0 Å². The Morgan fingerprint density at radius 3 is 2.70 bits per heavy atom. The van der Waals surface area contributed by atoms with Crippen molar-refractivity contribution in [2.24, 2.45) is 5.73 Å². The molecular weight excluding hydrogens is 252 g/mol. The molecule has 0 radical (unpaired) electrons. The number of aliphatic hydroxyl groups excluding tert-OH is 1. The first kappa shape index (κ1) is 17.0. The lowest BCUT2D eigenvalue weighted by Gasteiger charge is -2.28. The summed E-state index contributed by atoms with van der Waals surface area (Å²) in [5.41, 5.74) is 6.63. The van der Waals surface area contributed by atoms with Gasteiger partial charge < -0.3 is 15.6 Å². The molecule has 0 bridgehead atoms. The first-order valence-electron chi connectivity index (χ1n) is 7.40. The number of benzene rings is 1. The van der Waals surface area contributed by atoms with Crippen molar-refractivity contribution >= 4 is 0 Å². The average molecular weight is 280 g/mol. The fourth-order valence-corrected chi connectivity index (χ4v) is 2.13. The van der Waals surface area contributed by atoms with Crippen LogP contribution in [0.4, 0.5) is 0 Å². The zero-order valence-electron chi connectivity index (χ0n) is 12.9. The lowest BCUT2D eigenvalue weighted by molar-refractivity contribution is 0.0575. The Morgan fingerprint density at radius 1 is 1.35 bits per heavy atom. The van der Waals surface area contributed by atoms with E-state index in [4.69, 9.17) is 10.5 Å². The Bertz CT molecular complexity index is 382. The summed E-state index contributed by atoms with van der Waals surface area (Å²) < 4.78 is 5.64. The molecule has 0 aliphatic heterocycles. The van der Waals surface area contributed by atoms with Gasteiger partial charge in [0.05, 0.1) is 0 Å². The summed E-state index contributed by atoms with van der Waals surface area (Å²) >= 11 is 0. The van der Waals surface area contributed by atoms with Crippen molar-refractivity contribution in [3.8, 4) is 5.75 Å². The second-order valence-electron chi connectivity index (χ2n) is 5.41. The highest BCUT2D eigenvalue weighted by atomic mass is 16.5. The smallest absolute Gasteiger partial charge is 0.119 e. The highest BCUT2D eigenvalue weighted by Crippen LogP contribution is 2.13. The van der Waals surface area contributed by atoms with Gasteiger partial charge in [0.1, 0.15) is 18.5 Å². The Morgan fingerprint density at radius 2 is 2.10 bits per heavy atom. The molecule has 3 N–H and O–H groups in total. The van der Waals surface area contributed by atoms with Gasteiger partial charge in [0.25, 0.3) is 0 Å². The monoisotopic (exact) mass is 280 g/mol. The normalized spacial score (nSPS) is 12.9. The number of rotatable bonds is 9. The Balaban J connectivity index is 2.43. The van der Waals surface area contributed by atoms with E-state index in [9.17, 15) is 5.11 Å². The predicted molar refractivity (Wildman–Crippen MR) is 82.8 cm³/mol. The second-order valence-corrected chi connectivity index (χ2v) is 5.41. The van der Waals surface area contributed by atoms with Crippen LogP contribution in [0.2, 0.25) is 0 Å². The van der Waals surface area contributed by atoms with Crippen LogP contribution in [0.25, 0.3) is 0 Å². The standard InChI is InChI=1S/C16H28N2O2/c1-4-8-18(13(2)3)11-15(19)12-20-16-7-5-6-14(9-16)10-17/h5-7,9,13,15,19H,4,8,10-12,17H2,1-3H3. The van der Waals surface area contributed by atoms with Crippen LogP contribution in [-0.4, -0.2) is 41.8 Å². The molecule has 0 saturated carbocycles. The van der Waals surface area contributed by atoms with Gasteiger partial charge in [-0.15, -0.1) is 0 Å². The summed E-state index contributed by atoms with van der Waals surface area (Å²) in [6.07, 6.45) is 0.607. The van der Waals surface area contributed by atoms with E-state index in [0.29, 0.717) is 25.7 Å². The van der Waals surface area contributed by atoms with Crippen molar-refractivity contribution in [2.75, 3.05) is 19.7 Å². The maximum absolute atomic E-state index is 10.1. The summed E-state index contributed by atoms with van der Waals surface area (Å²) in [4.78, 5) is 2.27. The van der Waals surface area contributed by atoms with E-state index < -0.39 is 6.10 Å². The average Bonchev–Trinajstić information content (AvgIpc) is 2.44. The molecule has 0 spiro atoms. The zero-order chi connectivity index (χ0) is 15.0. The van der Waals surface area contributed by atoms with Crippen LogP contribution in [0.5, 0.6) is 5.75 Å². The fraction of sp³-hybridized carbons (Fsp3) is 0.625. The maximum Gasteiger partial charge on any atom is 0.119 e. The molecule has 0 heterocycles. The highest BCUT2D eigenvalue weighted by Gasteiger charge is 2.14. The van der Waals surface area contributed by atoms with Gasteiger partial charge in [0.2, 0.25) is 0 Å². The largest absolute Gasteiger partial charge is 0.491 e. The van der Waals surface area contributed by atoms with Gasteiger partial charge in [-0.05, 0) is 44.5 Å². The molecule has 1 rings (SSSR count). The molecule has 1 atom stereocenters. The van der Waals surface area contributed by atoms with Crippen molar-refractivity contribution in [2.45, 2.75) is 45.9 Å². The van der Waals surface area contributed by atoms with E-state index in [1.807, 2.05) is 24.3 Å². The van der Waals surface area contributed by atoms with E-state index in [1.165, 1.54) is 0 Å². The molecule has 20 heavy (non-hydrogen) atoms. The van der Waals surface area contributed by atoms with Crippen LogP contribution in [0.3, 0.4) is 0 Å². The number of nitrogens with two attached hydrogens (primary N) is 1. The molecule has 0 fully saturated rings. The first-order chi connectivity index (χ1) is 9.56. The number of hydrogen-bond acceptors (Lipinski definition) is 4. The van der Waals surface area contributed by atoms with Gasteiger partial charge in [-0.3, -0.25) is 4.90 Å². The van der Waals surface area contributed by atoms with E-state index in [1.54, 1.807) is 0 Å². The van der Waals surface area contributed by atoms with E-state index >= 15 is 0 Å². The van der Waals surface area contributed by atoms with E-state index in [2.05, 4.69) is 25.7 Å². The summed E-state index contributed by atoms with van der Waals surface area (Å²) in [6, 6.07) is 8.12. The second kappa shape index (κ2) is 8.95. The topological polar surface area (TPSA) is 58.7 Å². The van der Waals surface area contributed by atoms with Crippen LogP contribution in [-0.2, 0) is 6.54 Å². The molecule has 0 aromatic heterocycles. The van der Waals surface area contributed by atoms with Crippen LogP contribution < -0.4 is 10.5 Å². The SMILES string of the molecule is CCCN(CC(O)COc1cccc(CN)c1)C(C)C. The molecule has 0 amide bonds. The third-order valence-corrected chi connectivity index (χ3v) is 3.26. The Kier molecular flexibility index (Phi) is 7.59. The molecule has 0 aliphatic rings. The van der Waals surface area contributed by atoms with Crippen LogP contribution >= 0.6 is 0 Å².